The van der Waals surface area contributed by atoms with Crippen LogP contribution in [0.2, 0.25) is 0 Å². The summed E-state index contributed by atoms with van der Waals surface area (Å²) >= 11 is 3.53. The zero-order chi connectivity index (χ0) is 13.5. The predicted molar refractivity (Wildman–Crippen MR) is 73.4 cm³/mol. The summed E-state index contributed by atoms with van der Waals surface area (Å²) in [5.74, 6) is 0. The average molecular weight is 336 g/mol. The van der Waals surface area contributed by atoms with E-state index in [4.69, 9.17) is 0 Å². The quantitative estimate of drug-likeness (QED) is 0.771. The number of sulfonamides is 1. The Morgan fingerprint density at radius 2 is 1.83 bits per heavy atom. The van der Waals surface area contributed by atoms with Gasteiger partial charge in [-0.1, -0.05) is 15.9 Å². The monoisotopic (exact) mass is 335 g/mol. The zero-order valence-corrected chi connectivity index (χ0v) is 13.3. The molecule has 1 aliphatic rings. The maximum absolute atomic E-state index is 12.6. The molecule has 0 N–H and O–H groups in total. The van der Waals surface area contributed by atoms with Crippen molar-refractivity contribution in [1.29, 1.82) is 0 Å². The molecule has 5 nitrogen and oxygen atoms in total. The smallest absolute Gasteiger partial charge is 0.246 e. The Morgan fingerprint density at radius 1 is 1.28 bits per heavy atom. The van der Waals surface area contributed by atoms with Crippen LogP contribution in [-0.4, -0.2) is 40.4 Å². The molecule has 2 heterocycles. The molecule has 18 heavy (non-hydrogen) atoms. The number of halogens is 1. The molecule has 0 aliphatic carbocycles. The van der Waals surface area contributed by atoms with Gasteiger partial charge in [0.05, 0.1) is 11.4 Å². The fraction of sp³-hybridized carbons (Fsp3) is 0.727. The number of piperidine rings is 1. The fourth-order valence-electron chi connectivity index (χ4n) is 2.32. The summed E-state index contributed by atoms with van der Waals surface area (Å²) in [7, 11) is -1.63. The predicted octanol–water partition coefficient (Wildman–Crippen LogP) is 1.58. The maximum Gasteiger partial charge on any atom is 0.246 e. The second kappa shape index (κ2) is 4.94. The summed E-state index contributed by atoms with van der Waals surface area (Å²) < 4.78 is 28.4. The topological polar surface area (TPSA) is 55.2 Å². The van der Waals surface area contributed by atoms with Gasteiger partial charge in [0.2, 0.25) is 10.0 Å². The molecule has 0 saturated carbocycles. The van der Waals surface area contributed by atoms with Crippen molar-refractivity contribution in [3.05, 3.63) is 11.4 Å². The van der Waals surface area contributed by atoms with Gasteiger partial charge in [-0.05, 0) is 26.7 Å². The summed E-state index contributed by atoms with van der Waals surface area (Å²) in [6.45, 7) is 4.69. The normalized spacial score (nSPS) is 19.3. The first kappa shape index (κ1) is 14.0. The minimum absolute atomic E-state index is 0.373. The molecule has 0 bridgehead atoms. The zero-order valence-electron chi connectivity index (χ0n) is 10.9. The van der Waals surface area contributed by atoms with Gasteiger partial charge in [0.1, 0.15) is 4.90 Å². The molecular weight excluding hydrogens is 318 g/mol. The first-order valence-corrected chi connectivity index (χ1v) is 8.34. The van der Waals surface area contributed by atoms with Gasteiger partial charge in [-0.2, -0.15) is 9.40 Å². The summed E-state index contributed by atoms with van der Waals surface area (Å²) in [6.07, 6.45) is 1.72. The molecule has 0 atom stereocenters. The molecule has 0 radical (unpaired) electrons. The Bertz CT molecular complexity index is 545. The average Bonchev–Trinajstić information content (AvgIpc) is 2.54. The SMILES string of the molecule is Cc1nn(C)c(C)c1S(=O)(=O)N1CCC(Br)CC1. The maximum atomic E-state index is 12.6. The van der Waals surface area contributed by atoms with Crippen LogP contribution in [0.3, 0.4) is 0 Å². The van der Waals surface area contributed by atoms with Crippen molar-refractivity contribution in [1.82, 2.24) is 14.1 Å². The van der Waals surface area contributed by atoms with Gasteiger partial charge >= 0.3 is 0 Å². The van der Waals surface area contributed by atoms with Gasteiger partial charge in [0.15, 0.2) is 0 Å². The third-order valence-electron chi connectivity index (χ3n) is 3.42. The van der Waals surface area contributed by atoms with Gasteiger partial charge < -0.3 is 0 Å². The molecule has 0 unspecified atom stereocenters. The number of hydrogen-bond acceptors (Lipinski definition) is 3. The highest BCUT2D eigenvalue weighted by atomic mass is 79.9. The number of nitrogens with zero attached hydrogens (tertiary/aromatic N) is 3. The lowest BCUT2D eigenvalue weighted by molar-refractivity contribution is 0.354. The number of alkyl halides is 1. The summed E-state index contributed by atoms with van der Waals surface area (Å²) in [4.78, 5) is 0.804. The van der Waals surface area contributed by atoms with E-state index < -0.39 is 10.0 Å². The van der Waals surface area contributed by atoms with Crippen LogP contribution in [0.15, 0.2) is 4.90 Å². The fourth-order valence-corrected chi connectivity index (χ4v) is 4.60. The van der Waals surface area contributed by atoms with E-state index in [-0.39, 0.29) is 0 Å². The van der Waals surface area contributed by atoms with E-state index in [2.05, 4.69) is 21.0 Å². The van der Waals surface area contributed by atoms with Crippen LogP contribution in [0.5, 0.6) is 0 Å². The molecular formula is C11H18BrN3O2S. The Hall–Kier alpha value is -0.400. The van der Waals surface area contributed by atoms with Crippen LogP contribution < -0.4 is 0 Å². The van der Waals surface area contributed by atoms with E-state index in [9.17, 15) is 8.42 Å². The second-order valence-corrected chi connectivity index (χ2v) is 7.87. The lowest BCUT2D eigenvalue weighted by Crippen LogP contribution is -2.39. The molecule has 1 aromatic rings. The van der Waals surface area contributed by atoms with Crippen molar-refractivity contribution >= 4 is 26.0 Å². The summed E-state index contributed by atoms with van der Waals surface area (Å²) in [5.41, 5.74) is 1.28. The van der Waals surface area contributed by atoms with Gasteiger partial charge in [0.25, 0.3) is 0 Å². The van der Waals surface area contributed by atoms with Gasteiger partial charge in [-0.15, -0.1) is 0 Å². The van der Waals surface area contributed by atoms with E-state index in [1.54, 1.807) is 29.9 Å². The van der Waals surface area contributed by atoms with Gasteiger partial charge in [-0.25, -0.2) is 8.42 Å². The van der Waals surface area contributed by atoms with Crippen molar-refractivity contribution in [3.63, 3.8) is 0 Å². The van der Waals surface area contributed by atoms with Crippen molar-refractivity contribution in [3.8, 4) is 0 Å². The molecule has 7 heteroatoms. The van der Waals surface area contributed by atoms with Gasteiger partial charge in [0, 0.05) is 25.0 Å². The largest absolute Gasteiger partial charge is 0.271 e. The number of aryl methyl sites for hydroxylation is 2. The van der Waals surface area contributed by atoms with Crippen LogP contribution >= 0.6 is 15.9 Å². The minimum atomic E-state index is -3.40. The highest BCUT2D eigenvalue weighted by molar-refractivity contribution is 9.09. The minimum Gasteiger partial charge on any atom is -0.271 e. The van der Waals surface area contributed by atoms with Gasteiger partial charge in [-0.3, -0.25) is 4.68 Å². The van der Waals surface area contributed by atoms with Crippen molar-refractivity contribution in [2.75, 3.05) is 13.1 Å². The second-order valence-electron chi connectivity index (χ2n) is 4.70. The Balaban J connectivity index is 2.37. The molecule has 1 aliphatic heterocycles. The first-order chi connectivity index (χ1) is 8.34. The number of rotatable bonds is 2. The first-order valence-electron chi connectivity index (χ1n) is 5.98. The highest BCUT2D eigenvalue weighted by Crippen LogP contribution is 2.27. The van der Waals surface area contributed by atoms with Crippen molar-refractivity contribution in [2.45, 2.75) is 36.4 Å². The van der Waals surface area contributed by atoms with Crippen LogP contribution in [0, 0.1) is 13.8 Å². The molecule has 0 amide bonds. The molecule has 102 valence electrons. The van der Waals surface area contributed by atoms with E-state index in [0.29, 0.717) is 34.2 Å². The lowest BCUT2D eigenvalue weighted by Gasteiger charge is -2.28. The Labute approximate surface area is 116 Å². The third kappa shape index (κ3) is 2.35. The van der Waals surface area contributed by atoms with E-state index >= 15 is 0 Å². The molecule has 2 rings (SSSR count). The van der Waals surface area contributed by atoms with E-state index in [1.807, 2.05) is 0 Å². The number of hydrogen-bond donors (Lipinski definition) is 0. The summed E-state index contributed by atoms with van der Waals surface area (Å²) in [5, 5.41) is 4.19. The third-order valence-corrected chi connectivity index (χ3v) is 6.49. The molecule has 1 aromatic heterocycles. The van der Waals surface area contributed by atoms with Crippen molar-refractivity contribution in [2.24, 2.45) is 7.05 Å². The van der Waals surface area contributed by atoms with Crippen LogP contribution in [-0.2, 0) is 17.1 Å². The van der Waals surface area contributed by atoms with Crippen molar-refractivity contribution < 1.29 is 8.42 Å². The Kier molecular flexibility index (Phi) is 3.85. The standard InChI is InChI=1S/C11H18BrN3O2S/c1-8-11(9(2)14(3)13-8)18(16,17)15-6-4-10(12)5-7-15/h10H,4-7H2,1-3H3. The molecule has 0 spiro atoms. The molecule has 1 fully saturated rings. The summed E-state index contributed by atoms with van der Waals surface area (Å²) in [6, 6.07) is 0. The lowest BCUT2D eigenvalue weighted by atomic mass is 10.2. The highest BCUT2D eigenvalue weighted by Gasteiger charge is 2.32. The van der Waals surface area contributed by atoms with E-state index in [0.717, 1.165) is 12.8 Å². The van der Waals surface area contributed by atoms with Crippen LogP contribution in [0.1, 0.15) is 24.2 Å². The van der Waals surface area contributed by atoms with Crippen LogP contribution in [0.25, 0.3) is 0 Å². The van der Waals surface area contributed by atoms with E-state index in [1.165, 1.54) is 0 Å². The Morgan fingerprint density at radius 3 is 2.28 bits per heavy atom. The molecule has 1 saturated heterocycles. The molecule has 0 aromatic carbocycles. The van der Waals surface area contributed by atoms with Crippen LogP contribution in [0.4, 0.5) is 0 Å². The number of aromatic nitrogens is 2.